The quantitative estimate of drug-likeness (QED) is 0.501. The molecule has 0 aliphatic rings. The number of thioether (sulfide) groups is 1. The highest BCUT2D eigenvalue weighted by atomic mass is 32.2. The highest BCUT2D eigenvalue weighted by molar-refractivity contribution is 7.99. The van der Waals surface area contributed by atoms with E-state index in [1.165, 1.54) is 30.0 Å². The van der Waals surface area contributed by atoms with Crippen LogP contribution in [0.15, 0.2) is 47.6 Å². The number of aromatic carboxylic acids is 1. The van der Waals surface area contributed by atoms with Gasteiger partial charge in [-0.1, -0.05) is 12.1 Å². The van der Waals surface area contributed by atoms with E-state index < -0.39 is 10.9 Å². The van der Waals surface area contributed by atoms with Crippen LogP contribution in [0, 0.1) is 10.1 Å². The number of aromatic nitrogens is 1. The Labute approximate surface area is 125 Å². The van der Waals surface area contributed by atoms with Crippen LogP contribution >= 0.6 is 11.8 Å². The molecule has 7 heteroatoms. The number of carboxylic acids is 1. The van der Waals surface area contributed by atoms with Crippen LogP contribution < -0.4 is 0 Å². The molecule has 0 unspecified atom stereocenters. The van der Waals surface area contributed by atoms with E-state index in [1.54, 1.807) is 24.4 Å². The number of carboxylic acid groups (broad SMARTS) is 1. The Morgan fingerprint density at radius 3 is 2.62 bits per heavy atom. The smallest absolute Gasteiger partial charge is 0.338 e. The van der Waals surface area contributed by atoms with Crippen LogP contribution in [0.2, 0.25) is 0 Å². The number of nitrogens with zero attached hydrogens (tertiary/aromatic N) is 2. The molecule has 2 aromatic rings. The number of non-ortho nitro benzene ring substituents is 1. The molecule has 0 fully saturated rings. The van der Waals surface area contributed by atoms with Crippen molar-refractivity contribution >= 4 is 23.4 Å². The highest BCUT2D eigenvalue weighted by Crippen LogP contribution is 2.21. The number of hydrogen-bond acceptors (Lipinski definition) is 5. The minimum absolute atomic E-state index is 0.0595. The molecule has 0 atom stereocenters. The van der Waals surface area contributed by atoms with E-state index in [1.807, 2.05) is 0 Å². The van der Waals surface area contributed by atoms with E-state index in [9.17, 15) is 14.9 Å². The summed E-state index contributed by atoms with van der Waals surface area (Å²) in [6.07, 6.45) is 2.24. The second kappa shape index (κ2) is 6.85. The van der Waals surface area contributed by atoms with Crippen molar-refractivity contribution in [2.24, 2.45) is 0 Å². The van der Waals surface area contributed by atoms with Crippen molar-refractivity contribution in [1.82, 2.24) is 4.98 Å². The molecule has 0 aliphatic carbocycles. The lowest BCUT2D eigenvalue weighted by Gasteiger charge is -2.04. The summed E-state index contributed by atoms with van der Waals surface area (Å²) in [7, 11) is 0. The molecule has 0 bridgehead atoms. The molecule has 6 nitrogen and oxygen atoms in total. The number of hydrogen-bond donors (Lipinski definition) is 1. The second-order valence-electron chi connectivity index (χ2n) is 4.18. The van der Waals surface area contributed by atoms with E-state index in [0.29, 0.717) is 17.2 Å². The largest absolute Gasteiger partial charge is 0.478 e. The van der Waals surface area contributed by atoms with E-state index in [0.717, 1.165) is 5.56 Å². The third kappa shape index (κ3) is 4.03. The van der Waals surface area contributed by atoms with Crippen LogP contribution in [0.5, 0.6) is 0 Å². The molecule has 1 N–H and O–H groups in total. The van der Waals surface area contributed by atoms with Gasteiger partial charge in [0.2, 0.25) is 0 Å². The van der Waals surface area contributed by atoms with E-state index in [-0.39, 0.29) is 11.3 Å². The lowest BCUT2D eigenvalue weighted by molar-refractivity contribution is -0.384. The van der Waals surface area contributed by atoms with Gasteiger partial charge in [0, 0.05) is 24.1 Å². The number of nitro groups is 1. The third-order valence-electron chi connectivity index (χ3n) is 2.78. The summed E-state index contributed by atoms with van der Waals surface area (Å²) in [6, 6.07) is 9.44. The van der Waals surface area contributed by atoms with Gasteiger partial charge >= 0.3 is 5.97 Å². The zero-order valence-electron chi connectivity index (χ0n) is 10.9. The second-order valence-corrected chi connectivity index (χ2v) is 5.27. The van der Waals surface area contributed by atoms with Crippen molar-refractivity contribution in [3.8, 4) is 0 Å². The molecule has 0 saturated carbocycles. The fourth-order valence-corrected chi connectivity index (χ4v) is 2.70. The molecule has 0 saturated heterocycles. The van der Waals surface area contributed by atoms with Crippen LogP contribution in [0.25, 0.3) is 0 Å². The molecule has 108 valence electrons. The van der Waals surface area contributed by atoms with Crippen molar-refractivity contribution in [2.45, 2.75) is 11.4 Å². The number of pyridine rings is 1. The average molecular weight is 304 g/mol. The lowest BCUT2D eigenvalue weighted by Crippen LogP contribution is -2.01. The Morgan fingerprint density at radius 2 is 2.00 bits per heavy atom. The Kier molecular flexibility index (Phi) is 4.89. The first-order valence-corrected chi connectivity index (χ1v) is 7.11. The van der Waals surface area contributed by atoms with E-state index >= 15 is 0 Å². The van der Waals surface area contributed by atoms with Gasteiger partial charge < -0.3 is 5.11 Å². The molecular weight excluding hydrogens is 292 g/mol. The average Bonchev–Trinajstić information content (AvgIpc) is 2.48. The number of benzene rings is 1. The van der Waals surface area contributed by atoms with E-state index in [4.69, 9.17) is 5.11 Å². The van der Waals surface area contributed by atoms with Crippen molar-refractivity contribution < 1.29 is 14.8 Å². The van der Waals surface area contributed by atoms with Crippen molar-refractivity contribution in [3.05, 3.63) is 63.8 Å². The minimum atomic E-state index is -0.999. The highest BCUT2D eigenvalue weighted by Gasteiger charge is 2.11. The molecule has 1 aromatic heterocycles. The van der Waals surface area contributed by atoms with Gasteiger partial charge in [0.05, 0.1) is 10.5 Å². The topological polar surface area (TPSA) is 93.3 Å². The van der Waals surface area contributed by atoms with Gasteiger partial charge in [-0.15, -0.1) is 11.8 Å². The number of aryl methyl sites for hydroxylation is 1. The minimum Gasteiger partial charge on any atom is -0.478 e. The predicted octanol–water partition coefficient (Wildman–Crippen LogP) is 3.02. The fraction of sp³-hybridized carbons (Fsp3) is 0.143. The van der Waals surface area contributed by atoms with Crippen LogP contribution in [0.4, 0.5) is 5.69 Å². The summed E-state index contributed by atoms with van der Waals surface area (Å²) in [4.78, 5) is 25.2. The van der Waals surface area contributed by atoms with Crippen molar-refractivity contribution in [2.75, 3.05) is 5.75 Å². The number of nitro benzene ring substituents is 1. The first kappa shape index (κ1) is 15.0. The summed E-state index contributed by atoms with van der Waals surface area (Å²) in [5.41, 5.74) is 1.20. The molecule has 0 radical (unpaired) electrons. The van der Waals surface area contributed by atoms with Gasteiger partial charge in [-0.2, -0.15) is 0 Å². The molecule has 0 amide bonds. The van der Waals surface area contributed by atoms with E-state index in [2.05, 4.69) is 4.98 Å². The maximum absolute atomic E-state index is 11.0. The van der Waals surface area contributed by atoms with Crippen molar-refractivity contribution in [3.63, 3.8) is 0 Å². The standard InChI is InChI=1S/C14H12N2O4S/c17-14(18)12-2-1-8-15-13(12)21-9-7-10-3-5-11(6-4-10)16(19)20/h1-6,8H,7,9H2,(H,17,18). The maximum Gasteiger partial charge on any atom is 0.338 e. The van der Waals surface area contributed by atoms with Crippen molar-refractivity contribution in [1.29, 1.82) is 0 Å². The molecular formula is C14H12N2O4S. The maximum atomic E-state index is 11.0. The normalized spacial score (nSPS) is 10.3. The first-order chi connectivity index (χ1) is 10.1. The first-order valence-electron chi connectivity index (χ1n) is 6.12. The molecule has 1 aromatic carbocycles. The zero-order valence-corrected chi connectivity index (χ0v) is 11.7. The van der Waals surface area contributed by atoms with Gasteiger partial charge in [-0.3, -0.25) is 10.1 Å². The van der Waals surface area contributed by atoms with Crippen LogP contribution in [0.3, 0.4) is 0 Å². The number of rotatable bonds is 6. The van der Waals surface area contributed by atoms with Gasteiger partial charge in [-0.05, 0) is 24.1 Å². The molecule has 0 spiro atoms. The number of carbonyl (C=O) groups is 1. The molecule has 2 rings (SSSR count). The predicted molar refractivity (Wildman–Crippen MR) is 78.7 cm³/mol. The third-order valence-corrected chi connectivity index (χ3v) is 3.79. The Balaban J connectivity index is 1.95. The van der Waals surface area contributed by atoms with Gasteiger partial charge in [0.1, 0.15) is 5.03 Å². The lowest BCUT2D eigenvalue weighted by atomic mass is 10.1. The summed E-state index contributed by atoms with van der Waals surface area (Å²) in [5.74, 6) is -0.351. The fourth-order valence-electron chi connectivity index (χ4n) is 1.72. The SMILES string of the molecule is O=C(O)c1cccnc1SCCc1ccc([N+](=O)[O-])cc1. The molecule has 0 aliphatic heterocycles. The summed E-state index contributed by atoms with van der Waals surface area (Å²) < 4.78 is 0. The summed E-state index contributed by atoms with van der Waals surface area (Å²) in [5, 5.41) is 20.1. The van der Waals surface area contributed by atoms with Crippen LogP contribution in [-0.2, 0) is 6.42 Å². The Morgan fingerprint density at radius 1 is 1.29 bits per heavy atom. The molecule has 1 heterocycles. The summed E-state index contributed by atoms with van der Waals surface area (Å²) >= 11 is 1.35. The monoisotopic (exact) mass is 304 g/mol. The Hall–Kier alpha value is -2.41. The zero-order chi connectivity index (χ0) is 15.2. The van der Waals surface area contributed by atoms with Crippen LogP contribution in [-0.4, -0.2) is 26.7 Å². The van der Waals surface area contributed by atoms with Gasteiger partial charge in [-0.25, -0.2) is 9.78 Å². The van der Waals surface area contributed by atoms with Crippen LogP contribution in [0.1, 0.15) is 15.9 Å². The molecule has 21 heavy (non-hydrogen) atoms. The summed E-state index contributed by atoms with van der Waals surface area (Å²) in [6.45, 7) is 0. The van der Waals surface area contributed by atoms with Gasteiger partial charge in [0.25, 0.3) is 5.69 Å². The Bertz CT molecular complexity index is 658. The van der Waals surface area contributed by atoms with Gasteiger partial charge in [0.15, 0.2) is 0 Å².